The average molecular weight is 264 g/mol. The lowest BCUT2D eigenvalue weighted by Gasteiger charge is -2.20. The molecule has 1 N–H and O–H groups in total. The first-order valence-electron chi connectivity index (χ1n) is 6.78. The van der Waals surface area contributed by atoms with Crippen LogP contribution in [0.1, 0.15) is 26.3 Å². The molecule has 0 spiro atoms. The van der Waals surface area contributed by atoms with Crippen molar-refractivity contribution in [2.24, 2.45) is 0 Å². The van der Waals surface area contributed by atoms with Crippen molar-refractivity contribution < 1.29 is 9.53 Å². The van der Waals surface area contributed by atoms with Crippen LogP contribution in [-0.2, 0) is 11.3 Å². The first-order valence-corrected chi connectivity index (χ1v) is 6.78. The summed E-state index contributed by atoms with van der Waals surface area (Å²) in [6.45, 7) is 7.91. The molecule has 0 saturated carbocycles. The third kappa shape index (κ3) is 4.91. The Bertz CT molecular complexity index is 390. The number of carbonyl (C=O) groups excluding carboxylic acids is 1. The van der Waals surface area contributed by atoms with E-state index in [4.69, 9.17) is 4.74 Å². The van der Waals surface area contributed by atoms with E-state index in [0.717, 1.165) is 17.9 Å². The van der Waals surface area contributed by atoms with Gasteiger partial charge in [-0.05, 0) is 38.5 Å². The van der Waals surface area contributed by atoms with Crippen LogP contribution >= 0.6 is 0 Å². The molecule has 0 radical (unpaired) electrons. The highest BCUT2D eigenvalue weighted by Gasteiger charge is 2.15. The SMILES string of the molecule is CCOc1ccc(CNC(C)C(=O)N(C)CC)cc1. The number of rotatable bonds is 7. The van der Waals surface area contributed by atoms with Gasteiger partial charge in [0.25, 0.3) is 0 Å². The molecule has 1 unspecified atom stereocenters. The van der Waals surface area contributed by atoms with Crippen molar-refractivity contribution in [3.8, 4) is 5.75 Å². The van der Waals surface area contributed by atoms with E-state index in [2.05, 4.69) is 5.32 Å². The van der Waals surface area contributed by atoms with Crippen LogP contribution in [0.25, 0.3) is 0 Å². The van der Waals surface area contributed by atoms with Gasteiger partial charge in [-0.3, -0.25) is 4.79 Å². The molecule has 0 aliphatic heterocycles. The molecule has 19 heavy (non-hydrogen) atoms. The summed E-state index contributed by atoms with van der Waals surface area (Å²) in [5.41, 5.74) is 1.14. The molecular formula is C15H24N2O2. The van der Waals surface area contributed by atoms with Gasteiger partial charge in [0.1, 0.15) is 5.75 Å². The first kappa shape index (κ1) is 15.5. The number of nitrogens with one attached hydrogen (secondary N) is 1. The zero-order chi connectivity index (χ0) is 14.3. The first-order chi connectivity index (χ1) is 9.08. The van der Waals surface area contributed by atoms with Gasteiger partial charge in [0.2, 0.25) is 5.91 Å². The summed E-state index contributed by atoms with van der Waals surface area (Å²) in [6.07, 6.45) is 0. The van der Waals surface area contributed by atoms with Crippen LogP contribution in [0.15, 0.2) is 24.3 Å². The van der Waals surface area contributed by atoms with Gasteiger partial charge < -0.3 is 15.0 Å². The molecule has 0 bridgehead atoms. The summed E-state index contributed by atoms with van der Waals surface area (Å²) in [6, 6.07) is 7.75. The van der Waals surface area contributed by atoms with Gasteiger partial charge in [0.15, 0.2) is 0 Å². The highest BCUT2D eigenvalue weighted by Crippen LogP contribution is 2.12. The van der Waals surface area contributed by atoms with Crippen LogP contribution < -0.4 is 10.1 Å². The number of hydrogen-bond acceptors (Lipinski definition) is 3. The molecule has 0 saturated heterocycles. The van der Waals surface area contributed by atoms with E-state index in [0.29, 0.717) is 13.2 Å². The second kappa shape index (κ2) is 7.79. The normalized spacial score (nSPS) is 12.0. The Morgan fingerprint density at radius 3 is 2.47 bits per heavy atom. The summed E-state index contributed by atoms with van der Waals surface area (Å²) in [5.74, 6) is 0.995. The summed E-state index contributed by atoms with van der Waals surface area (Å²) in [7, 11) is 1.82. The quantitative estimate of drug-likeness (QED) is 0.819. The van der Waals surface area contributed by atoms with Gasteiger partial charge >= 0.3 is 0 Å². The Labute approximate surface area is 115 Å². The Morgan fingerprint density at radius 2 is 1.95 bits per heavy atom. The minimum absolute atomic E-state index is 0.119. The zero-order valence-corrected chi connectivity index (χ0v) is 12.3. The van der Waals surface area contributed by atoms with Crippen LogP contribution in [-0.4, -0.2) is 37.0 Å². The standard InChI is InChI=1S/C15H24N2O2/c1-5-17(4)15(18)12(3)16-11-13-7-9-14(10-8-13)19-6-2/h7-10,12,16H,5-6,11H2,1-4H3. The highest BCUT2D eigenvalue weighted by molar-refractivity contribution is 5.81. The van der Waals surface area contributed by atoms with Crippen molar-refractivity contribution in [1.82, 2.24) is 10.2 Å². The van der Waals surface area contributed by atoms with Gasteiger partial charge in [-0.25, -0.2) is 0 Å². The third-order valence-electron chi connectivity index (χ3n) is 3.07. The molecule has 1 rings (SSSR count). The molecule has 0 aromatic heterocycles. The lowest BCUT2D eigenvalue weighted by molar-refractivity contribution is -0.131. The Balaban J connectivity index is 2.45. The molecule has 1 amide bonds. The highest BCUT2D eigenvalue weighted by atomic mass is 16.5. The number of likely N-dealkylation sites (N-methyl/N-ethyl adjacent to an activating group) is 1. The summed E-state index contributed by atoms with van der Waals surface area (Å²) < 4.78 is 5.39. The summed E-state index contributed by atoms with van der Waals surface area (Å²) >= 11 is 0. The number of ether oxygens (including phenoxy) is 1. The second-order valence-electron chi connectivity index (χ2n) is 4.53. The van der Waals surface area contributed by atoms with Crippen molar-refractivity contribution in [2.75, 3.05) is 20.2 Å². The molecule has 1 aromatic carbocycles. The minimum atomic E-state index is -0.170. The number of nitrogens with zero attached hydrogens (tertiary/aromatic N) is 1. The zero-order valence-electron chi connectivity index (χ0n) is 12.3. The molecule has 0 aliphatic carbocycles. The molecule has 4 nitrogen and oxygen atoms in total. The summed E-state index contributed by atoms with van der Waals surface area (Å²) in [5, 5.41) is 3.23. The number of hydrogen-bond donors (Lipinski definition) is 1. The Hall–Kier alpha value is -1.55. The molecule has 1 atom stereocenters. The van der Waals surface area contributed by atoms with E-state index in [1.54, 1.807) is 4.90 Å². The van der Waals surface area contributed by atoms with Crippen molar-refractivity contribution in [3.63, 3.8) is 0 Å². The minimum Gasteiger partial charge on any atom is -0.494 e. The molecule has 4 heteroatoms. The van der Waals surface area contributed by atoms with Crippen LogP contribution in [0, 0.1) is 0 Å². The maximum absolute atomic E-state index is 11.9. The topological polar surface area (TPSA) is 41.6 Å². The van der Waals surface area contributed by atoms with E-state index in [1.165, 1.54) is 0 Å². The number of carbonyl (C=O) groups is 1. The molecule has 0 fully saturated rings. The van der Waals surface area contributed by atoms with Crippen molar-refractivity contribution in [3.05, 3.63) is 29.8 Å². The molecule has 0 aliphatic rings. The lowest BCUT2D eigenvalue weighted by Crippen LogP contribution is -2.42. The second-order valence-corrected chi connectivity index (χ2v) is 4.53. The maximum atomic E-state index is 11.9. The third-order valence-corrected chi connectivity index (χ3v) is 3.07. The molecule has 106 valence electrons. The predicted octanol–water partition coefficient (Wildman–Crippen LogP) is 2.04. The van der Waals surface area contributed by atoms with E-state index < -0.39 is 0 Å². The smallest absolute Gasteiger partial charge is 0.239 e. The van der Waals surface area contributed by atoms with Crippen LogP contribution in [0.5, 0.6) is 5.75 Å². The Kier molecular flexibility index (Phi) is 6.36. The number of benzene rings is 1. The fourth-order valence-corrected chi connectivity index (χ4v) is 1.71. The van der Waals surface area contributed by atoms with Crippen molar-refractivity contribution in [1.29, 1.82) is 0 Å². The predicted molar refractivity (Wildman–Crippen MR) is 77.2 cm³/mol. The van der Waals surface area contributed by atoms with E-state index in [1.807, 2.05) is 52.1 Å². The Morgan fingerprint density at radius 1 is 1.32 bits per heavy atom. The van der Waals surface area contributed by atoms with Crippen LogP contribution in [0.4, 0.5) is 0 Å². The fourth-order valence-electron chi connectivity index (χ4n) is 1.71. The van der Waals surface area contributed by atoms with Gasteiger partial charge in [0, 0.05) is 20.1 Å². The monoisotopic (exact) mass is 264 g/mol. The maximum Gasteiger partial charge on any atom is 0.239 e. The van der Waals surface area contributed by atoms with Crippen molar-refractivity contribution in [2.45, 2.75) is 33.4 Å². The van der Waals surface area contributed by atoms with Gasteiger partial charge in [0.05, 0.1) is 12.6 Å². The van der Waals surface area contributed by atoms with Crippen LogP contribution in [0.2, 0.25) is 0 Å². The largest absolute Gasteiger partial charge is 0.494 e. The molecule has 1 aromatic rings. The van der Waals surface area contributed by atoms with Gasteiger partial charge in [-0.1, -0.05) is 12.1 Å². The van der Waals surface area contributed by atoms with Gasteiger partial charge in [-0.15, -0.1) is 0 Å². The lowest BCUT2D eigenvalue weighted by atomic mass is 10.2. The number of amides is 1. The van der Waals surface area contributed by atoms with E-state index in [-0.39, 0.29) is 11.9 Å². The van der Waals surface area contributed by atoms with Gasteiger partial charge in [-0.2, -0.15) is 0 Å². The average Bonchev–Trinajstić information content (AvgIpc) is 2.44. The molecular weight excluding hydrogens is 240 g/mol. The van der Waals surface area contributed by atoms with Crippen LogP contribution in [0.3, 0.4) is 0 Å². The van der Waals surface area contributed by atoms with E-state index >= 15 is 0 Å². The fraction of sp³-hybridized carbons (Fsp3) is 0.533. The van der Waals surface area contributed by atoms with E-state index in [9.17, 15) is 4.79 Å². The van der Waals surface area contributed by atoms with Crippen molar-refractivity contribution >= 4 is 5.91 Å². The molecule has 0 heterocycles. The summed E-state index contributed by atoms with van der Waals surface area (Å²) in [4.78, 5) is 13.6.